The van der Waals surface area contributed by atoms with Gasteiger partial charge >= 0.3 is 0 Å². The van der Waals surface area contributed by atoms with Crippen LogP contribution in [0.1, 0.15) is 45.4 Å². The van der Waals surface area contributed by atoms with E-state index < -0.39 is 11.6 Å². The molecule has 2 atom stereocenters. The van der Waals surface area contributed by atoms with Gasteiger partial charge in [-0.25, -0.2) is 4.98 Å². The van der Waals surface area contributed by atoms with E-state index in [0.29, 0.717) is 11.7 Å². The Hall–Kier alpha value is -1.85. The monoisotopic (exact) mass is 265 g/mol. The minimum atomic E-state index is -0.903. The smallest absolute Gasteiger partial charge is 0.249 e. The molecule has 6 heteroatoms. The van der Waals surface area contributed by atoms with Crippen LogP contribution in [0.2, 0.25) is 0 Å². The summed E-state index contributed by atoms with van der Waals surface area (Å²) in [6.45, 7) is 8.70. The lowest BCUT2D eigenvalue weighted by atomic mass is 9.96. The number of hydrogen-bond acceptors (Lipinski definition) is 4. The van der Waals surface area contributed by atoms with Crippen LogP contribution in [0.3, 0.4) is 0 Å². The molecule has 1 aliphatic rings. The van der Waals surface area contributed by atoms with Crippen molar-refractivity contribution < 1.29 is 14.0 Å². The van der Waals surface area contributed by atoms with Crippen LogP contribution >= 0.6 is 0 Å². The van der Waals surface area contributed by atoms with Crippen molar-refractivity contribution in [3.63, 3.8) is 0 Å². The zero-order chi connectivity index (χ0) is 14.4. The molecular weight excluding hydrogens is 246 g/mol. The molecule has 0 aliphatic carbocycles. The number of amides is 2. The topological polar surface area (TPSA) is 75.4 Å². The fourth-order valence-electron chi connectivity index (χ4n) is 2.29. The van der Waals surface area contributed by atoms with Gasteiger partial charge in [0, 0.05) is 0 Å². The molecule has 2 rings (SSSR count). The van der Waals surface area contributed by atoms with Gasteiger partial charge in [-0.05, 0) is 34.6 Å². The first-order chi connectivity index (χ1) is 8.74. The van der Waals surface area contributed by atoms with Crippen LogP contribution in [-0.2, 0) is 9.59 Å². The number of aromatic nitrogens is 1. The molecule has 1 saturated heterocycles. The fourth-order valence-corrected chi connectivity index (χ4v) is 2.29. The molecule has 0 aromatic carbocycles. The third kappa shape index (κ3) is 2.22. The first kappa shape index (κ1) is 13.6. The summed E-state index contributed by atoms with van der Waals surface area (Å²) in [6.07, 6.45) is 1.61. The van der Waals surface area contributed by atoms with Crippen LogP contribution in [-0.4, -0.2) is 33.3 Å². The van der Waals surface area contributed by atoms with Gasteiger partial charge < -0.3 is 14.6 Å². The summed E-state index contributed by atoms with van der Waals surface area (Å²) >= 11 is 0. The van der Waals surface area contributed by atoms with E-state index in [1.54, 1.807) is 33.9 Å². The van der Waals surface area contributed by atoms with Crippen molar-refractivity contribution >= 4 is 11.8 Å². The summed E-state index contributed by atoms with van der Waals surface area (Å²) in [7, 11) is 0. The highest BCUT2D eigenvalue weighted by atomic mass is 16.4. The molecule has 1 aromatic heterocycles. The Kier molecular flexibility index (Phi) is 3.12. The molecule has 2 heterocycles. The molecule has 0 bridgehead atoms. The molecule has 2 amide bonds. The van der Waals surface area contributed by atoms with Crippen molar-refractivity contribution in [3.8, 4) is 0 Å². The number of oxazole rings is 1. The zero-order valence-corrected chi connectivity index (χ0v) is 11.9. The van der Waals surface area contributed by atoms with Crippen LogP contribution in [0.4, 0.5) is 0 Å². The Labute approximate surface area is 112 Å². The lowest BCUT2D eigenvalue weighted by Crippen LogP contribution is -2.67. The largest absolute Gasteiger partial charge is 0.444 e. The van der Waals surface area contributed by atoms with E-state index in [0.717, 1.165) is 0 Å². The maximum atomic E-state index is 12.5. The minimum Gasteiger partial charge on any atom is -0.444 e. The van der Waals surface area contributed by atoms with Crippen LogP contribution < -0.4 is 5.32 Å². The highest BCUT2D eigenvalue weighted by Crippen LogP contribution is 2.28. The van der Waals surface area contributed by atoms with Crippen LogP contribution in [0, 0.1) is 6.92 Å². The second-order valence-electron chi connectivity index (χ2n) is 5.49. The SMILES string of the molecule is Cc1cnc(C(C)N2C(=O)C(C)(C)NC(=O)C2C)o1. The Morgan fingerprint density at radius 3 is 2.63 bits per heavy atom. The van der Waals surface area contributed by atoms with Gasteiger partial charge in [0.15, 0.2) is 0 Å². The summed E-state index contributed by atoms with van der Waals surface area (Å²) in [5.41, 5.74) is -0.903. The Morgan fingerprint density at radius 2 is 2.11 bits per heavy atom. The van der Waals surface area contributed by atoms with Gasteiger partial charge in [0.2, 0.25) is 17.7 Å². The molecular formula is C13H19N3O3. The Bertz CT molecular complexity index is 521. The number of piperazine rings is 1. The molecule has 19 heavy (non-hydrogen) atoms. The van der Waals surface area contributed by atoms with Gasteiger partial charge in [0.25, 0.3) is 0 Å². The highest BCUT2D eigenvalue weighted by molar-refractivity contribution is 5.99. The van der Waals surface area contributed by atoms with Crippen molar-refractivity contribution in [1.29, 1.82) is 0 Å². The standard InChI is InChI=1S/C13H19N3O3/c1-7-6-14-11(19-7)9(3)16-8(2)10(17)15-13(4,5)12(16)18/h6,8-9H,1-5H3,(H,15,17). The molecule has 1 aromatic rings. The van der Waals surface area contributed by atoms with Gasteiger partial charge in [-0.2, -0.15) is 0 Å². The summed E-state index contributed by atoms with van der Waals surface area (Å²) in [5, 5.41) is 2.72. The number of aryl methyl sites for hydroxylation is 1. The van der Waals surface area contributed by atoms with Gasteiger partial charge in [-0.3, -0.25) is 9.59 Å². The van der Waals surface area contributed by atoms with E-state index in [1.807, 2.05) is 6.92 Å². The molecule has 1 fully saturated rings. The van der Waals surface area contributed by atoms with E-state index in [4.69, 9.17) is 4.42 Å². The Balaban J connectivity index is 2.35. The van der Waals surface area contributed by atoms with Crippen LogP contribution in [0.5, 0.6) is 0 Å². The number of hydrogen-bond donors (Lipinski definition) is 1. The molecule has 2 unspecified atom stereocenters. The van der Waals surface area contributed by atoms with E-state index in [9.17, 15) is 9.59 Å². The van der Waals surface area contributed by atoms with Gasteiger partial charge in [0.1, 0.15) is 23.4 Å². The maximum absolute atomic E-state index is 12.5. The summed E-state index contributed by atoms with van der Waals surface area (Å²) < 4.78 is 5.46. The first-order valence-corrected chi connectivity index (χ1v) is 6.31. The predicted octanol–water partition coefficient (Wildman–Crippen LogP) is 1.17. The summed E-state index contributed by atoms with van der Waals surface area (Å²) in [5.74, 6) is 0.827. The highest BCUT2D eigenvalue weighted by Gasteiger charge is 2.46. The lowest BCUT2D eigenvalue weighted by molar-refractivity contribution is -0.156. The van der Waals surface area contributed by atoms with Crippen molar-refractivity contribution in [2.24, 2.45) is 0 Å². The van der Waals surface area contributed by atoms with Crippen molar-refractivity contribution in [2.45, 2.75) is 52.2 Å². The fraction of sp³-hybridized carbons (Fsp3) is 0.615. The van der Waals surface area contributed by atoms with E-state index in [2.05, 4.69) is 10.3 Å². The summed E-state index contributed by atoms with van der Waals surface area (Å²) in [4.78, 5) is 30.1. The normalized spacial score (nSPS) is 24.3. The van der Waals surface area contributed by atoms with Gasteiger partial charge in [-0.1, -0.05) is 0 Å². The lowest BCUT2D eigenvalue weighted by Gasteiger charge is -2.43. The van der Waals surface area contributed by atoms with Gasteiger partial charge in [-0.15, -0.1) is 0 Å². The number of carbonyl (C=O) groups is 2. The van der Waals surface area contributed by atoms with Gasteiger partial charge in [0.05, 0.1) is 6.20 Å². The molecule has 0 radical (unpaired) electrons. The third-order valence-corrected chi connectivity index (χ3v) is 3.42. The second kappa shape index (κ2) is 4.36. The second-order valence-corrected chi connectivity index (χ2v) is 5.49. The van der Waals surface area contributed by atoms with Crippen molar-refractivity contribution in [1.82, 2.24) is 15.2 Å². The molecule has 1 N–H and O–H groups in total. The van der Waals surface area contributed by atoms with E-state index >= 15 is 0 Å². The molecule has 0 spiro atoms. The average Bonchev–Trinajstić information content (AvgIpc) is 2.73. The average molecular weight is 265 g/mol. The number of carbonyl (C=O) groups excluding carboxylic acids is 2. The number of nitrogens with one attached hydrogen (secondary N) is 1. The number of nitrogens with zero attached hydrogens (tertiary/aromatic N) is 2. The Morgan fingerprint density at radius 1 is 1.47 bits per heavy atom. The van der Waals surface area contributed by atoms with E-state index in [-0.39, 0.29) is 17.9 Å². The van der Waals surface area contributed by atoms with Crippen LogP contribution in [0.25, 0.3) is 0 Å². The quantitative estimate of drug-likeness (QED) is 0.871. The van der Waals surface area contributed by atoms with E-state index in [1.165, 1.54) is 4.90 Å². The first-order valence-electron chi connectivity index (χ1n) is 6.31. The zero-order valence-electron chi connectivity index (χ0n) is 11.9. The third-order valence-electron chi connectivity index (χ3n) is 3.42. The molecule has 1 aliphatic heterocycles. The molecule has 0 saturated carbocycles. The van der Waals surface area contributed by atoms with Crippen LogP contribution in [0.15, 0.2) is 10.6 Å². The minimum absolute atomic E-state index is 0.136. The predicted molar refractivity (Wildman–Crippen MR) is 68.2 cm³/mol. The number of rotatable bonds is 2. The molecule has 6 nitrogen and oxygen atoms in total. The molecule has 104 valence electrons. The van der Waals surface area contributed by atoms with Crippen molar-refractivity contribution in [3.05, 3.63) is 17.8 Å². The maximum Gasteiger partial charge on any atom is 0.249 e. The summed E-state index contributed by atoms with van der Waals surface area (Å²) in [6, 6.07) is -0.913. The van der Waals surface area contributed by atoms with Crippen molar-refractivity contribution in [2.75, 3.05) is 0 Å².